The van der Waals surface area contributed by atoms with Crippen molar-refractivity contribution in [3.05, 3.63) is 70.4 Å². The molecule has 0 spiro atoms. The third-order valence-electron chi connectivity index (χ3n) is 4.39. The van der Waals surface area contributed by atoms with Crippen molar-refractivity contribution in [2.45, 2.75) is 13.0 Å². The van der Waals surface area contributed by atoms with Gasteiger partial charge in [0.15, 0.2) is 11.3 Å². The smallest absolute Gasteiger partial charge is 0.287 e. The van der Waals surface area contributed by atoms with Gasteiger partial charge in [-0.15, -0.1) is 0 Å². The molecule has 0 fully saturated rings. The lowest BCUT2D eigenvalue weighted by Gasteiger charge is -2.25. The van der Waals surface area contributed by atoms with Crippen LogP contribution in [-0.4, -0.2) is 31.4 Å². The molecule has 0 saturated carbocycles. The van der Waals surface area contributed by atoms with Crippen molar-refractivity contribution in [3.63, 3.8) is 0 Å². The number of para-hydroxylation sites is 1. The minimum atomic E-state index is -0.229. The molecule has 0 aliphatic carbocycles. The first-order valence-corrected chi connectivity index (χ1v) is 8.54. The molecule has 0 radical (unpaired) electrons. The van der Waals surface area contributed by atoms with Crippen LogP contribution >= 0.6 is 11.6 Å². The number of carbonyl (C=O) groups is 1. The predicted molar refractivity (Wildman–Crippen MR) is 101 cm³/mol. The van der Waals surface area contributed by atoms with Gasteiger partial charge in [-0.3, -0.25) is 4.79 Å². The Morgan fingerprint density at radius 3 is 2.52 bits per heavy atom. The molecule has 1 aromatic heterocycles. The van der Waals surface area contributed by atoms with Crippen LogP contribution in [0.2, 0.25) is 5.02 Å². The highest BCUT2D eigenvalue weighted by Gasteiger charge is 2.21. The Balaban J connectivity index is 1.80. The van der Waals surface area contributed by atoms with E-state index in [1.54, 1.807) is 6.07 Å². The lowest BCUT2D eigenvalue weighted by Crippen LogP contribution is -2.34. The van der Waals surface area contributed by atoms with Crippen molar-refractivity contribution >= 4 is 28.5 Å². The molecule has 3 rings (SSSR count). The molecular weight excluding hydrogens is 336 g/mol. The average Bonchev–Trinajstić information content (AvgIpc) is 2.94. The van der Waals surface area contributed by atoms with Crippen LogP contribution in [0.15, 0.2) is 52.9 Å². The van der Waals surface area contributed by atoms with Gasteiger partial charge in [0.1, 0.15) is 0 Å². The number of amides is 1. The molecular formula is C20H21ClN2O2. The number of nitrogens with one attached hydrogen (secondary N) is 1. The van der Waals surface area contributed by atoms with Crippen molar-refractivity contribution in [1.82, 2.24) is 10.2 Å². The number of benzene rings is 2. The summed E-state index contributed by atoms with van der Waals surface area (Å²) in [6, 6.07) is 15.7. The molecule has 0 saturated heterocycles. The monoisotopic (exact) mass is 356 g/mol. The Labute approximate surface area is 152 Å². The quantitative estimate of drug-likeness (QED) is 0.735. The molecule has 0 bridgehead atoms. The number of nitrogens with zero attached hydrogens (tertiary/aromatic N) is 1. The summed E-state index contributed by atoms with van der Waals surface area (Å²) in [5.41, 5.74) is 2.51. The number of fused-ring (bicyclic) bond motifs is 1. The highest BCUT2D eigenvalue weighted by molar-refractivity contribution is 6.35. The maximum Gasteiger partial charge on any atom is 0.287 e. The maximum absolute atomic E-state index is 12.6. The van der Waals surface area contributed by atoms with Crippen LogP contribution in [0.5, 0.6) is 0 Å². The fourth-order valence-corrected chi connectivity index (χ4v) is 3.18. The molecule has 1 heterocycles. The Kier molecular flexibility index (Phi) is 5.11. The van der Waals surface area contributed by atoms with Crippen molar-refractivity contribution in [1.29, 1.82) is 0 Å². The summed E-state index contributed by atoms with van der Waals surface area (Å²) in [6.07, 6.45) is 0. The SMILES string of the molecule is Cc1c(C(=O)NC[C@H](c2ccccc2)N(C)C)oc2c(Cl)cccc12. The van der Waals surface area contributed by atoms with Crippen LogP contribution < -0.4 is 5.32 Å². The zero-order valence-corrected chi connectivity index (χ0v) is 15.3. The first-order chi connectivity index (χ1) is 12.0. The highest BCUT2D eigenvalue weighted by atomic mass is 35.5. The van der Waals surface area contributed by atoms with E-state index in [2.05, 4.69) is 22.3 Å². The van der Waals surface area contributed by atoms with Gasteiger partial charge in [0.2, 0.25) is 0 Å². The lowest BCUT2D eigenvalue weighted by molar-refractivity contribution is 0.0915. The second-order valence-electron chi connectivity index (χ2n) is 6.27. The number of rotatable bonds is 5. The van der Waals surface area contributed by atoms with E-state index in [1.165, 1.54) is 0 Å². The number of likely N-dealkylation sites (N-methyl/N-ethyl adjacent to an activating group) is 1. The number of carbonyl (C=O) groups excluding carboxylic acids is 1. The van der Waals surface area contributed by atoms with E-state index in [4.69, 9.17) is 16.0 Å². The molecule has 0 aliphatic rings. The van der Waals surface area contributed by atoms with Crippen LogP contribution in [0.25, 0.3) is 11.0 Å². The lowest BCUT2D eigenvalue weighted by atomic mass is 10.1. The molecule has 3 aromatic rings. The van der Waals surface area contributed by atoms with Gasteiger partial charge in [-0.25, -0.2) is 0 Å². The van der Waals surface area contributed by atoms with E-state index >= 15 is 0 Å². The minimum Gasteiger partial charge on any atom is -0.449 e. The van der Waals surface area contributed by atoms with E-state index in [0.29, 0.717) is 22.9 Å². The Morgan fingerprint density at radius 2 is 1.88 bits per heavy atom. The van der Waals surface area contributed by atoms with E-state index in [-0.39, 0.29) is 11.9 Å². The first-order valence-electron chi connectivity index (χ1n) is 8.16. The van der Waals surface area contributed by atoms with Crippen LogP contribution in [-0.2, 0) is 0 Å². The molecule has 25 heavy (non-hydrogen) atoms. The van der Waals surface area contributed by atoms with Crippen LogP contribution in [0.3, 0.4) is 0 Å². The molecule has 0 unspecified atom stereocenters. The van der Waals surface area contributed by atoms with Crippen LogP contribution in [0.4, 0.5) is 0 Å². The van der Waals surface area contributed by atoms with Crippen molar-refractivity contribution in [3.8, 4) is 0 Å². The third-order valence-corrected chi connectivity index (χ3v) is 4.68. The van der Waals surface area contributed by atoms with Gasteiger partial charge in [0, 0.05) is 17.5 Å². The van der Waals surface area contributed by atoms with Gasteiger partial charge in [-0.2, -0.15) is 0 Å². The molecule has 1 atom stereocenters. The maximum atomic E-state index is 12.6. The Hall–Kier alpha value is -2.30. The van der Waals surface area contributed by atoms with Gasteiger partial charge < -0.3 is 14.6 Å². The van der Waals surface area contributed by atoms with Gasteiger partial charge in [-0.1, -0.05) is 54.1 Å². The number of hydrogen-bond acceptors (Lipinski definition) is 3. The molecule has 4 nitrogen and oxygen atoms in total. The van der Waals surface area contributed by atoms with Gasteiger partial charge in [-0.05, 0) is 32.6 Å². The van der Waals surface area contributed by atoms with Crippen molar-refractivity contribution in [2.75, 3.05) is 20.6 Å². The normalized spacial score (nSPS) is 12.5. The Morgan fingerprint density at radius 1 is 1.16 bits per heavy atom. The molecule has 0 aliphatic heterocycles. The molecule has 1 amide bonds. The summed E-state index contributed by atoms with van der Waals surface area (Å²) >= 11 is 6.16. The van der Waals surface area contributed by atoms with Gasteiger partial charge in [0.25, 0.3) is 5.91 Å². The first kappa shape index (κ1) is 17.5. The third kappa shape index (κ3) is 3.55. The topological polar surface area (TPSA) is 45.5 Å². The molecule has 2 aromatic carbocycles. The fraction of sp³-hybridized carbons (Fsp3) is 0.250. The largest absolute Gasteiger partial charge is 0.449 e. The van der Waals surface area contributed by atoms with Gasteiger partial charge in [0.05, 0.1) is 11.1 Å². The molecule has 5 heteroatoms. The summed E-state index contributed by atoms with van der Waals surface area (Å²) in [6.45, 7) is 2.36. The van der Waals surface area contributed by atoms with E-state index < -0.39 is 0 Å². The average molecular weight is 357 g/mol. The molecule has 1 N–H and O–H groups in total. The van der Waals surface area contributed by atoms with E-state index in [0.717, 1.165) is 16.5 Å². The minimum absolute atomic E-state index is 0.0819. The standard InChI is InChI=1S/C20H21ClN2O2/c1-13-15-10-7-11-16(21)19(15)25-18(13)20(24)22-12-17(23(2)3)14-8-5-4-6-9-14/h4-11,17H,12H2,1-3H3,(H,22,24)/t17-/m1/s1. The summed E-state index contributed by atoms with van der Waals surface area (Å²) in [7, 11) is 3.99. The second-order valence-corrected chi connectivity index (χ2v) is 6.68. The summed E-state index contributed by atoms with van der Waals surface area (Å²) in [4.78, 5) is 14.7. The number of halogens is 1. The highest BCUT2D eigenvalue weighted by Crippen LogP contribution is 2.30. The second kappa shape index (κ2) is 7.30. The molecule has 130 valence electrons. The van der Waals surface area contributed by atoms with Crippen LogP contribution in [0.1, 0.15) is 27.7 Å². The Bertz CT molecular complexity index is 887. The zero-order valence-electron chi connectivity index (χ0n) is 14.5. The number of aryl methyl sites for hydroxylation is 1. The summed E-state index contributed by atoms with van der Waals surface area (Å²) < 4.78 is 5.73. The van der Waals surface area contributed by atoms with E-state index in [9.17, 15) is 4.79 Å². The van der Waals surface area contributed by atoms with Crippen molar-refractivity contribution in [2.24, 2.45) is 0 Å². The summed E-state index contributed by atoms with van der Waals surface area (Å²) in [5.74, 6) is 0.0845. The number of furan rings is 1. The number of hydrogen-bond donors (Lipinski definition) is 1. The summed E-state index contributed by atoms with van der Waals surface area (Å²) in [5, 5.41) is 4.36. The predicted octanol–water partition coefficient (Wildman–Crippen LogP) is 4.43. The zero-order chi connectivity index (χ0) is 18.0. The fourth-order valence-electron chi connectivity index (χ4n) is 2.97. The van der Waals surface area contributed by atoms with Crippen molar-refractivity contribution < 1.29 is 9.21 Å². The van der Waals surface area contributed by atoms with E-state index in [1.807, 2.05) is 51.4 Å². The van der Waals surface area contributed by atoms with Gasteiger partial charge >= 0.3 is 0 Å². The van der Waals surface area contributed by atoms with Crippen LogP contribution in [0, 0.1) is 6.92 Å².